The zero-order chi connectivity index (χ0) is 14.7. The van der Waals surface area contributed by atoms with Crippen LogP contribution >= 0.6 is 22.9 Å². The van der Waals surface area contributed by atoms with E-state index in [-0.39, 0.29) is 11.8 Å². The highest BCUT2D eigenvalue weighted by atomic mass is 35.5. The predicted octanol–water partition coefficient (Wildman–Crippen LogP) is 3.05. The Hall–Kier alpha value is -1.66. The standard InChI is InChI=1S/C14H15ClN4OS/c15-11-2-1-3-12(8-11)19-6-4-10(5-7-19)13(20)17-14-18-16-9-21-14/h1-3,8-10H,4-7H2,(H,17,18,20). The van der Waals surface area contributed by atoms with Crippen LogP contribution in [0.15, 0.2) is 29.8 Å². The Kier molecular flexibility index (Phi) is 4.36. The van der Waals surface area contributed by atoms with E-state index in [9.17, 15) is 4.79 Å². The van der Waals surface area contributed by atoms with Gasteiger partial charge in [0.2, 0.25) is 11.0 Å². The number of anilines is 2. The second-order valence-corrected chi connectivity index (χ2v) is 6.24. The molecule has 3 rings (SSSR count). The smallest absolute Gasteiger partial charge is 0.229 e. The summed E-state index contributed by atoms with van der Waals surface area (Å²) < 4.78 is 0. The monoisotopic (exact) mass is 322 g/mol. The number of benzene rings is 1. The number of hydrogen-bond donors (Lipinski definition) is 1. The van der Waals surface area contributed by atoms with E-state index in [1.54, 1.807) is 5.51 Å². The van der Waals surface area contributed by atoms with Gasteiger partial charge in [-0.15, -0.1) is 10.2 Å². The van der Waals surface area contributed by atoms with Crippen LogP contribution in [-0.2, 0) is 4.79 Å². The normalized spacial score (nSPS) is 16.0. The van der Waals surface area contributed by atoms with Gasteiger partial charge in [-0.05, 0) is 31.0 Å². The number of carbonyl (C=O) groups excluding carboxylic acids is 1. The summed E-state index contributed by atoms with van der Waals surface area (Å²) >= 11 is 7.36. The second kappa shape index (κ2) is 6.41. The van der Waals surface area contributed by atoms with Gasteiger partial charge in [-0.1, -0.05) is 29.0 Å². The van der Waals surface area contributed by atoms with Crippen LogP contribution in [0.4, 0.5) is 10.8 Å². The highest BCUT2D eigenvalue weighted by Gasteiger charge is 2.25. The molecule has 0 unspecified atom stereocenters. The first-order chi connectivity index (χ1) is 10.2. The average molecular weight is 323 g/mol. The van der Waals surface area contributed by atoms with E-state index in [4.69, 9.17) is 11.6 Å². The average Bonchev–Trinajstić information content (AvgIpc) is 3.00. The number of hydrogen-bond acceptors (Lipinski definition) is 5. The van der Waals surface area contributed by atoms with Crippen LogP contribution in [0.3, 0.4) is 0 Å². The topological polar surface area (TPSA) is 58.1 Å². The van der Waals surface area contributed by atoms with Crippen LogP contribution in [-0.4, -0.2) is 29.2 Å². The number of amides is 1. The number of nitrogens with one attached hydrogen (secondary N) is 1. The third kappa shape index (κ3) is 3.51. The molecule has 0 aliphatic carbocycles. The minimum absolute atomic E-state index is 0.0318. The van der Waals surface area contributed by atoms with Crippen LogP contribution in [0.25, 0.3) is 0 Å². The molecular weight excluding hydrogens is 308 g/mol. The summed E-state index contributed by atoms with van der Waals surface area (Å²) in [7, 11) is 0. The van der Waals surface area contributed by atoms with Gasteiger partial charge >= 0.3 is 0 Å². The van der Waals surface area contributed by atoms with Crippen molar-refractivity contribution in [2.45, 2.75) is 12.8 Å². The molecule has 2 aromatic rings. The largest absolute Gasteiger partial charge is 0.371 e. The fourth-order valence-electron chi connectivity index (χ4n) is 2.51. The van der Waals surface area contributed by atoms with E-state index in [0.29, 0.717) is 5.13 Å². The van der Waals surface area contributed by atoms with Gasteiger partial charge in [-0.3, -0.25) is 4.79 Å². The predicted molar refractivity (Wildman–Crippen MR) is 84.9 cm³/mol. The Morgan fingerprint density at radius 1 is 1.38 bits per heavy atom. The number of aromatic nitrogens is 2. The molecule has 110 valence electrons. The lowest BCUT2D eigenvalue weighted by Gasteiger charge is -2.32. The minimum Gasteiger partial charge on any atom is -0.371 e. The maximum atomic E-state index is 12.2. The van der Waals surface area contributed by atoms with Gasteiger partial charge in [-0.25, -0.2) is 0 Å². The molecule has 1 aromatic heterocycles. The first-order valence-electron chi connectivity index (χ1n) is 6.80. The lowest BCUT2D eigenvalue weighted by Crippen LogP contribution is -2.38. The van der Waals surface area contributed by atoms with Gasteiger partial charge in [0.25, 0.3) is 0 Å². The van der Waals surface area contributed by atoms with Crippen molar-refractivity contribution in [1.29, 1.82) is 0 Å². The summed E-state index contributed by atoms with van der Waals surface area (Å²) in [6.45, 7) is 1.71. The van der Waals surface area contributed by atoms with E-state index < -0.39 is 0 Å². The maximum Gasteiger partial charge on any atom is 0.229 e. The van der Waals surface area contributed by atoms with Gasteiger partial charge in [-0.2, -0.15) is 0 Å². The van der Waals surface area contributed by atoms with E-state index in [2.05, 4.69) is 20.4 Å². The summed E-state index contributed by atoms with van der Waals surface area (Å²) in [5.74, 6) is 0.0711. The lowest BCUT2D eigenvalue weighted by atomic mass is 9.95. The Balaban J connectivity index is 1.56. The van der Waals surface area contributed by atoms with Crippen LogP contribution in [0.5, 0.6) is 0 Å². The van der Waals surface area contributed by atoms with Crippen molar-refractivity contribution in [2.24, 2.45) is 5.92 Å². The number of piperidine rings is 1. The summed E-state index contributed by atoms with van der Waals surface area (Å²) in [5.41, 5.74) is 2.72. The molecule has 21 heavy (non-hydrogen) atoms. The van der Waals surface area contributed by atoms with E-state index in [0.717, 1.165) is 36.6 Å². The van der Waals surface area contributed by atoms with Crippen LogP contribution in [0.2, 0.25) is 5.02 Å². The molecule has 1 saturated heterocycles. The van der Waals surface area contributed by atoms with Crippen molar-refractivity contribution in [3.8, 4) is 0 Å². The van der Waals surface area contributed by atoms with Crippen molar-refractivity contribution in [3.63, 3.8) is 0 Å². The number of carbonyl (C=O) groups is 1. The summed E-state index contributed by atoms with van der Waals surface area (Å²) in [6.07, 6.45) is 1.66. The molecule has 1 amide bonds. The fourth-order valence-corrected chi connectivity index (χ4v) is 3.14. The van der Waals surface area contributed by atoms with E-state index >= 15 is 0 Å². The SMILES string of the molecule is O=C(Nc1nncs1)C1CCN(c2cccc(Cl)c2)CC1. The lowest BCUT2D eigenvalue weighted by molar-refractivity contribution is -0.120. The zero-order valence-electron chi connectivity index (χ0n) is 11.3. The molecule has 1 fully saturated rings. The zero-order valence-corrected chi connectivity index (χ0v) is 12.9. The fraction of sp³-hybridized carbons (Fsp3) is 0.357. The minimum atomic E-state index is 0.0318. The molecular formula is C14H15ClN4OS. The number of rotatable bonds is 3. The van der Waals surface area contributed by atoms with Crippen molar-refractivity contribution < 1.29 is 4.79 Å². The first-order valence-corrected chi connectivity index (χ1v) is 8.05. The molecule has 0 bridgehead atoms. The molecule has 0 saturated carbocycles. The summed E-state index contributed by atoms with van der Waals surface area (Å²) in [6, 6.07) is 7.83. The molecule has 0 spiro atoms. The maximum absolute atomic E-state index is 12.2. The molecule has 0 atom stereocenters. The van der Waals surface area contributed by atoms with Crippen molar-refractivity contribution in [3.05, 3.63) is 34.8 Å². The van der Waals surface area contributed by atoms with Crippen molar-refractivity contribution >= 4 is 39.7 Å². The molecule has 5 nitrogen and oxygen atoms in total. The van der Waals surface area contributed by atoms with Crippen molar-refractivity contribution in [1.82, 2.24) is 10.2 Å². The van der Waals surface area contributed by atoms with Gasteiger partial charge in [0.05, 0.1) is 0 Å². The molecule has 2 heterocycles. The van der Waals surface area contributed by atoms with Crippen molar-refractivity contribution in [2.75, 3.05) is 23.3 Å². The van der Waals surface area contributed by atoms with Crippen LogP contribution < -0.4 is 10.2 Å². The van der Waals surface area contributed by atoms with Gasteiger partial charge in [0.1, 0.15) is 5.51 Å². The van der Waals surface area contributed by atoms with Crippen LogP contribution in [0, 0.1) is 5.92 Å². The Morgan fingerprint density at radius 3 is 2.86 bits per heavy atom. The van der Waals surface area contributed by atoms with Gasteiger partial charge < -0.3 is 10.2 Å². The third-order valence-corrected chi connectivity index (χ3v) is 4.47. The second-order valence-electron chi connectivity index (χ2n) is 4.97. The Bertz CT molecular complexity index is 611. The molecule has 1 N–H and O–H groups in total. The third-order valence-electron chi connectivity index (χ3n) is 3.63. The molecule has 1 aliphatic rings. The summed E-state index contributed by atoms with van der Waals surface area (Å²) in [5, 5.41) is 11.7. The first kappa shape index (κ1) is 14.3. The van der Waals surface area contributed by atoms with Gasteiger partial charge in [0.15, 0.2) is 0 Å². The Morgan fingerprint density at radius 2 is 2.19 bits per heavy atom. The highest BCUT2D eigenvalue weighted by Crippen LogP contribution is 2.26. The summed E-state index contributed by atoms with van der Waals surface area (Å²) in [4.78, 5) is 14.4. The molecule has 7 heteroatoms. The Labute approximate surface area is 131 Å². The van der Waals surface area contributed by atoms with E-state index in [1.165, 1.54) is 11.3 Å². The highest BCUT2D eigenvalue weighted by molar-refractivity contribution is 7.13. The molecule has 1 aliphatic heterocycles. The van der Waals surface area contributed by atoms with E-state index in [1.807, 2.05) is 24.3 Å². The molecule has 0 radical (unpaired) electrons. The number of nitrogens with zero attached hydrogens (tertiary/aromatic N) is 3. The van der Waals surface area contributed by atoms with Crippen LogP contribution in [0.1, 0.15) is 12.8 Å². The quantitative estimate of drug-likeness (QED) is 0.943. The molecule has 1 aromatic carbocycles. The number of halogens is 1. The van der Waals surface area contributed by atoms with Gasteiger partial charge in [0, 0.05) is 29.7 Å².